The average Bonchev–Trinajstić information content (AvgIpc) is 3.22. The molecule has 7 heteroatoms. The monoisotopic (exact) mass is 366 g/mol. The van der Waals surface area contributed by atoms with E-state index in [1.165, 1.54) is 12.0 Å². The fourth-order valence-corrected chi connectivity index (χ4v) is 2.98. The number of aryl methyl sites for hydroxylation is 1. The van der Waals surface area contributed by atoms with Crippen molar-refractivity contribution < 1.29 is 23.8 Å². The van der Waals surface area contributed by atoms with E-state index in [0.29, 0.717) is 22.8 Å². The Kier molecular flexibility index (Phi) is 4.19. The minimum Gasteiger partial charge on any atom is -0.496 e. The molecule has 0 atom stereocenters. The third kappa shape index (κ3) is 3.19. The maximum Gasteiger partial charge on any atom is 0.329 e. The quantitative estimate of drug-likeness (QED) is 0.665. The molecule has 1 fully saturated rings. The number of methoxy groups -OCH3 is 1. The molecule has 0 unspecified atom stereocenters. The number of benzene rings is 2. The van der Waals surface area contributed by atoms with Crippen LogP contribution < -0.4 is 19.5 Å². The summed E-state index contributed by atoms with van der Waals surface area (Å²) in [6.45, 7) is 2.33. The molecular weight excluding hydrogens is 348 g/mol. The highest BCUT2D eigenvalue weighted by Gasteiger charge is 2.34. The van der Waals surface area contributed by atoms with Crippen LogP contribution >= 0.6 is 0 Å². The molecule has 2 aliphatic rings. The van der Waals surface area contributed by atoms with Gasteiger partial charge in [0, 0.05) is 11.6 Å². The molecule has 0 spiro atoms. The third-order valence-electron chi connectivity index (χ3n) is 4.45. The van der Waals surface area contributed by atoms with E-state index in [1.807, 2.05) is 31.2 Å². The Labute approximate surface area is 156 Å². The zero-order valence-electron chi connectivity index (χ0n) is 14.9. The first kappa shape index (κ1) is 17.0. The normalized spacial score (nSPS) is 16.8. The van der Waals surface area contributed by atoms with Crippen LogP contribution in [-0.2, 0) is 11.3 Å². The van der Waals surface area contributed by atoms with Gasteiger partial charge in [0.2, 0.25) is 6.79 Å². The van der Waals surface area contributed by atoms with Crippen molar-refractivity contribution in [1.82, 2.24) is 10.2 Å². The molecule has 1 saturated heterocycles. The van der Waals surface area contributed by atoms with E-state index in [0.717, 1.165) is 11.1 Å². The minimum atomic E-state index is -0.452. The van der Waals surface area contributed by atoms with Gasteiger partial charge in [-0.3, -0.25) is 9.69 Å². The van der Waals surface area contributed by atoms with E-state index in [-0.39, 0.29) is 24.9 Å². The van der Waals surface area contributed by atoms with E-state index in [2.05, 4.69) is 5.32 Å². The van der Waals surface area contributed by atoms with Gasteiger partial charge in [0.05, 0.1) is 13.7 Å². The summed E-state index contributed by atoms with van der Waals surface area (Å²) < 4.78 is 16.1. The number of urea groups is 1. The van der Waals surface area contributed by atoms with Gasteiger partial charge in [0.15, 0.2) is 11.5 Å². The number of nitrogens with one attached hydrogen (secondary N) is 1. The second kappa shape index (κ2) is 6.68. The molecular formula is C20H18N2O5. The summed E-state index contributed by atoms with van der Waals surface area (Å²) in [6.07, 6.45) is 1.58. The van der Waals surface area contributed by atoms with Gasteiger partial charge in [-0.1, -0.05) is 29.8 Å². The topological polar surface area (TPSA) is 77.1 Å². The molecule has 2 heterocycles. The second-order valence-electron chi connectivity index (χ2n) is 6.31. The molecule has 3 amide bonds. The van der Waals surface area contributed by atoms with Crippen molar-refractivity contribution in [2.45, 2.75) is 13.5 Å². The van der Waals surface area contributed by atoms with E-state index >= 15 is 0 Å². The van der Waals surface area contributed by atoms with Crippen LogP contribution in [0.5, 0.6) is 17.2 Å². The predicted molar refractivity (Wildman–Crippen MR) is 97.4 cm³/mol. The standard InChI is InChI=1S/C20H18N2O5/c1-12-3-5-13(6-4-12)10-22-19(23)15(21-20(22)24)7-14-8-17-18(27-11-26-17)9-16(14)25-2/h3-9H,10-11H2,1-2H3,(H,21,24)/b15-7+. The Morgan fingerprint density at radius 1 is 1.15 bits per heavy atom. The summed E-state index contributed by atoms with van der Waals surface area (Å²) >= 11 is 0. The first-order valence-corrected chi connectivity index (χ1v) is 8.43. The molecule has 0 aromatic heterocycles. The number of carbonyl (C=O) groups is 2. The lowest BCUT2D eigenvalue weighted by atomic mass is 10.1. The molecule has 0 saturated carbocycles. The van der Waals surface area contributed by atoms with Crippen LogP contribution in [0.4, 0.5) is 4.79 Å². The van der Waals surface area contributed by atoms with Gasteiger partial charge in [-0.2, -0.15) is 0 Å². The molecule has 4 rings (SSSR count). The highest BCUT2D eigenvalue weighted by atomic mass is 16.7. The summed E-state index contributed by atoms with van der Waals surface area (Å²) in [6, 6.07) is 10.7. The molecule has 0 bridgehead atoms. The lowest BCUT2D eigenvalue weighted by molar-refractivity contribution is -0.123. The van der Waals surface area contributed by atoms with Gasteiger partial charge in [-0.05, 0) is 24.6 Å². The van der Waals surface area contributed by atoms with Gasteiger partial charge in [0.1, 0.15) is 11.4 Å². The van der Waals surface area contributed by atoms with Crippen LogP contribution in [0.2, 0.25) is 0 Å². The number of hydrogen-bond acceptors (Lipinski definition) is 5. The molecule has 2 aromatic rings. The summed E-state index contributed by atoms with van der Waals surface area (Å²) in [5, 5.41) is 2.62. The number of fused-ring (bicyclic) bond motifs is 1. The molecule has 0 radical (unpaired) electrons. The Balaban J connectivity index is 1.61. The van der Waals surface area contributed by atoms with Gasteiger partial charge in [0.25, 0.3) is 5.91 Å². The Hall–Kier alpha value is -3.48. The van der Waals surface area contributed by atoms with E-state index in [9.17, 15) is 9.59 Å². The fraction of sp³-hybridized carbons (Fsp3) is 0.200. The third-order valence-corrected chi connectivity index (χ3v) is 4.45. The maximum atomic E-state index is 12.7. The molecule has 1 N–H and O–H groups in total. The van der Waals surface area contributed by atoms with Crippen molar-refractivity contribution >= 4 is 18.0 Å². The summed E-state index contributed by atoms with van der Waals surface area (Å²) in [4.78, 5) is 26.2. The van der Waals surface area contributed by atoms with Crippen LogP contribution in [0.15, 0.2) is 42.1 Å². The van der Waals surface area contributed by atoms with E-state index in [4.69, 9.17) is 14.2 Å². The predicted octanol–water partition coefficient (Wildman–Crippen LogP) is 2.83. The largest absolute Gasteiger partial charge is 0.496 e. The molecule has 7 nitrogen and oxygen atoms in total. The highest BCUT2D eigenvalue weighted by molar-refractivity contribution is 6.14. The summed E-state index contributed by atoms with van der Waals surface area (Å²) in [5.74, 6) is 1.28. The summed E-state index contributed by atoms with van der Waals surface area (Å²) in [7, 11) is 1.53. The minimum absolute atomic E-state index is 0.137. The molecule has 27 heavy (non-hydrogen) atoms. The van der Waals surface area contributed by atoms with Gasteiger partial charge in [-0.25, -0.2) is 4.79 Å². The molecule has 2 aromatic carbocycles. The number of ether oxygens (including phenoxy) is 3. The van der Waals surface area contributed by atoms with Crippen molar-refractivity contribution in [1.29, 1.82) is 0 Å². The zero-order valence-corrected chi connectivity index (χ0v) is 14.9. The van der Waals surface area contributed by atoms with Crippen molar-refractivity contribution in [2.75, 3.05) is 13.9 Å². The Morgan fingerprint density at radius 3 is 2.56 bits per heavy atom. The van der Waals surface area contributed by atoms with Gasteiger partial charge in [-0.15, -0.1) is 0 Å². The van der Waals surface area contributed by atoms with E-state index in [1.54, 1.807) is 18.2 Å². The van der Waals surface area contributed by atoms with Gasteiger partial charge < -0.3 is 19.5 Å². The molecule has 2 aliphatic heterocycles. The van der Waals surface area contributed by atoms with Crippen LogP contribution in [0.3, 0.4) is 0 Å². The number of carbonyl (C=O) groups excluding carboxylic acids is 2. The number of nitrogens with zero attached hydrogens (tertiary/aromatic N) is 1. The second-order valence-corrected chi connectivity index (χ2v) is 6.31. The molecule has 0 aliphatic carbocycles. The maximum absolute atomic E-state index is 12.7. The summed E-state index contributed by atoms with van der Waals surface area (Å²) in [5.41, 5.74) is 2.80. The SMILES string of the molecule is COc1cc2c(cc1/C=C1/NC(=O)N(Cc3ccc(C)cc3)C1=O)OCO2. The zero-order chi connectivity index (χ0) is 19.0. The lowest BCUT2D eigenvalue weighted by Gasteiger charge is -2.12. The number of imide groups is 1. The number of amides is 3. The molecule has 138 valence electrons. The van der Waals surface area contributed by atoms with E-state index < -0.39 is 6.03 Å². The van der Waals surface area contributed by atoms with Crippen molar-refractivity contribution in [3.8, 4) is 17.2 Å². The fourth-order valence-electron chi connectivity index (χ4n) is 2.98. The first-order chi connectivity index (χ1) is 13.0. The van der Waals surface area contributed by atoms with Crippen LogP contribution in [0.25, 0.3) is 6.08 Å². The smallest absolute Gasteiger partial charge is 0.329 e. The Morgan fingerprint density at radius 2 is 1.85 bits per heavy atom. The Bertz CT molecular complexity index is 950. The van der Waals surface area contributed by atoms with Crippen molar-refractivity contribution in [3.05, 3.63) is 58.8 Å². The first-order valence-electron chi connectivity index (χ1n) is 8.43. The number of rotatable bonds is 4. The van der Waals surface area contributed by atoms with Crippen molar-refractivity contribution in [2.24, 2.45) is 0 Å². The average molecular weight is 366 g/mol. The van der Waals surface area contributed by atoms with Crippen molar-refractivity contribution in [3.63, 3.8) is 0 Å². The highest BCUT2D eigenvalue weighted by Crippen LogP contribution is 2.39. The van der Waals surface area contributed by atoms with Crippen LogP contribution in [0, 0.1) is 6.92 Å². The van der Waals surface area contributed by atoms with Gasteiger partial charge >= 0.3 is 6.03 Å². The number of hydrogen-bond donors (Lipinski definition) is 1. The van der Waals surface area contributed by atoms with Crippen LogP contribution in [-0.4, -0.2) is 30.7 Å². The lowest BCUT2D eigenvalue weighted by Crippen LogP contribution is -2.30. The van der Waals surface area contributed by atoms with Crippen LogP contribution in [0.1, 0.15) is 16.7 Å².